The second kappa shape index (κ2) is 6.01. The molecule has 0 saturated carbocycles. The summed E-state index contributed by atoms with van der Waals surface area (Å²) in [5.41, 5.74) is 10.4. The van der Waals surface area contributed by atoms with Crippen LogP contribution >= 0.6 is 0 Å². The molecule has 0 aromatic heterocycles. The maximum Gasteiger partial charge on any atom is 0.0662 e. The number of nitrogens with two attached hydrogens (primary N) is 2. The molecule has 0 radical (unpaired) electrons. The highest BCUT2D eigenvalue weighted by Gasteiger charge is 1.97. The highest BCUT2D eigenvalue weighted by Crippen LogP contribution is 1.97. The van der Waals surface area contributed by atoms with Gasteiger partial charge < -0.3 is 16.6 Å². The van der Waals surface area contributed by atoms with Gasteiger partial charge in [0, 0.05) is 6.54 Å². The number of rotatable bonds is 5. The van der Waals surface area contributed by atoms with Crippen molar-refractivity contribution in [2.75, 3.05) is 13.1 Å². The molecule has 0 bridgehead atoms. The van der Waals surface area contributed by atoms with Gasteiger partial charge in [-0.1, -0.05) is 0 Å². The van der Waals surface area contributed by atoms with Gasteiger partial charge in [-0.25, -0.2) is 0 Å². The Morgan fingerprint density at radius 1 is 1.22 bits per heavy atom. The van der Waals surface area contributed by atoms with Crippen molar-refractivity contribution >= 4 is 0 Å². The lowest BCUT2D eigenvalue weighted by Crippen LogP contribution is -2.19. The predicted molar refractivity (Wildman–Crippen MR) is 38.0 cm³/mol. The van der Waals surface area contributed by atoms with Crippen molar-refractivity contribution in [2.24, 2.45) is 11.5 Å². The van der Waals surface area contributed by atoms with Crippen LogP contribution in [0.15, 0.2) is 0 Å². The fourth-order valence-corrected chi connectivity index (χ4v) is 0.642. The van der Waals surface area contributed by atoms with Crippen molar-refractivity contribution in [3.05, 3.63) is 0 Å². The zero-order chi connectivity index (χ0) is 7.11. The first-order valence-corrected chi connectivity index (χ1v) is 3.39. The molecule has 0 heterocycles. The number of aliphatic hydroxyl groups is 1. The predicted octanol–water partition coefficient (Wildman–Crippen LogP) is -0.565. The van der Waals surface area contributed by atoms with E-state index in [2.05, 4.69) is 0 Å². The maximum absolute atomic E-state index is 8.92. The second-order valence-corrected chi connectivity index (χ2v) is 2.17. The maximum atomic E-state index is 8.92. The standard InChI is InChI=1S/C6H16N2O/c7-4-2-1-3-6(9)5-8/h6,9H,1-5,7-8H2. The third-order valence-electron chi connectivity index (χ3n) is 1.26. The van der Waals surface area contributed by atoms with Crippen molar-refractivity contribution in [2.45, 2.75) is 25.4 Å². The lowest BCUT2D eigenvalue weighted by Gasteiger charge is -2.04. The fourth-order valence-electron chi connectivity index (χ4n) is 0.642. The molecule has 0 rings (SSSR count). The molecular formula is C6H16N2O. The Hall–Kier alpha value is -0.120. The van der Waals surface area contributed by atoms with Crippen molar-refractivity contribution in [3.63, 3.8) is 0 Å². The molecule has 0 spiro atoms. The highest BCUT2D eigenvalue weighted by molar-refractivity contribution is 4.55. The average molecular weight is 132 g/mol. The molecule has 0 aliphatic rings. The lowest BCUT2D eigenvalue weighted by atomic mass is 10.1. The monoisotopic (exact) mass is 132 g/mol. The summed E-state index contributed by atoms with van der Waals surface area (Å²) >= 11 is 0. The van der Waals surface area contributed by atoms with Gasteiger partial charge in [-0.15, -0.1) is 0 Å². The second-order valence-electron chi connectivity index (χ2n) is 2.17. The zero-order valence-corrected chi connectivity index (χ0v) is 5.71. The van der Waals surface area contributed by atoms with Gasteiger partial charge >= 0.3 is 0 Å². The Balaban J connectivity index is 2.88. The molecule has 5 N–H and O–H groups in total. The first kappa shape index (κ1) is 8.88. The number of hydrogen-bond acceptors (Lipinski definition) is 3. The summed E-state index contributed by atoms with van der Waals surface area (Å²) in [5, 5.41) is 8.92. The van der Waals surface area contributed by atoms with Gasteiger partial charge in [0.2, 0.25) is 0 Å². The Kier molecular flexibility index (Phi) is 5.93. The summed E-state index contributed by atoms with van der Waals surface area (Å²) < 4.78 is 0. The van der Waals surface area contributed by atoms with E-state index in [-0.39, 0.29) is 6.10 Å². The summed E-state index contributed by atoms with van der Waals surface area (Å²) in [5.74, 6) is 0. The van der Waals surface area contributed by atoms with E-state index in [1.165, 1.54) is 0 Å². The molecule has 9 heavy (non-hydrogen) atoms. The summed E-state index contributed by atoms with van der Waals surface area (Å²) in [6.07, 6.45) is 2.43. The summed E-state index contributed by atoms with van der Waals surface area (Å²) in [4.78, 5) is 0. The van der Waals surface area contributed by atoms with Crippen LogP contribution in [0, 0.1) is 0 Å². The third-order valence-corrected chi connectivity index (χ3v) is 1.26. The SMILES string of the molecule is NCCCCC(O)CN. The molecule has 0 aliphatic carbocycles. The topological polar surface area (TPSA) is 72.3 Å². The Bertz CT molecular complexity index is 59.0. The smallest absolute Gasteiger partial charge is 0.0662 e. The highest BCUT2D eigenvalue weighted by atomic mass is 16.3. The molecular weight excluding hydrogens is 116 g/mol. The number of unbranched alkanes of at least 4 members (excludes halogenated alkanes) is 1. The molecule has 0 amide bonds. The van der Waals surface area contributed by atoms with Gasteiger partial charge in [0.15, 0.2) is 0 Å². The minimum atomic E-state index is -0.323. The van der Waals surface area contributed by atoms with E-state index < -0.39 is 0 Å². The Morgan fingerprint density at radius 2 is 1.89 bits per heavy atom. The molecule has 0 aromatic rings. The van der Waals surface area contributed by atoms with Gasteiger partial charge in [0.1, 0.15) is 0 Å². The van der Waals surface area contributed by atoms with Crippen LogP contribution < -0.4 is 11.5 Å². The van der Waals surface area contributed by atoms with Gasteiger partial charge in [0.25, 0.3) is 0 Å². The molecule has 3 nitrogen and oxygen atoms in total. The minimum absolute atomic E-state index is 0.323. The lowest BCUT2D eigenvalue weighted by molar-refractivity contribution is 0.169. The number of hydrogen-bond donors (Lipinski definition) is 3. The fraction of sp³-hybridized carbons (Fsp3) is 1.00. The van der Waals surface area contributed by atoms with E-state index >= 15 is 0 Å². The molecule has 0 aliphatic heterocycles. The van der Waals surface area contributed by atoms with E-state index in [4.69, 9.17) is 16.6 Å². The van der Waals surface area contributed by atoms with Gasteiger partial charge in [-0.3, -0.25) is 0 Å². The van der Waals surface area contributed by atoms with Crippen LogP contribution in [-0.2, 0) is 0 Å². The van der Waals surface area contributed by atoms with E-state index in [0.717, 1.165) is 19.3 Å². The molecule has 3 heteroatoms. The van der Waals surface area contributed by atoms with Crippen molar-refractivity contribution in [3.8, 4) is 0 Å². The van der Waals surface area contributed by atoms with Crippen LogP contribution in [0.25, 0.3) is 0 Å². The quantitative estimate of drug-likeness (QED) is 0.439. The van der Waals surface area contributed by atoms with Crippen LogP contribution in [0.3, 0.4) is 0 Å². The van der Waals surface area contributed by atoms with Crippen LogP contribution in [0.5, 0.6) is 0 Å². The molecule has 0 fully saturated rings. The van der Waals surface area contributed by atoms with E-state index in [9.17, 15) is 0 Å². The van der Waals surface area contributed by atoms with Crippen molar-refractivity contribution < 1.29 is 5.11 Å². The van der Waals surface area contributed by atoms with Crippen LogP contribution in [0.1, 0.15) is 19.3 Å². The third kappa shape index (κ3) is 5.76. The normalized spacial score (nSPS) is 13.7. The molecule has 0 saturated heterocycles. The molecule has 1 unspecified atom stereocenters. The molecule has 0 aromatic carbocycles. The van der Waals surface area contributed by atoms with Gasteiger partial charge in [0.05, 0.1) is 6.10 Å². The number of aliphatic hydroxyl groups excluding tert-OH is 1. The molecule has 56 valence electrons. The first-order valence-electron chi connectivity index (χ1n) is 3.39. The van der Waals surface area contributed by atoms with E-state index in [1.54, 1.807) is 0 Å². The summed E-state index contributed by atoms with van der Waals surface area (Å²) in [6.45, 7) is 1.07. The Labute approximate surface area is 56.0 Å². The zero-order valence-electron chi connectivity index (χ0n) is 5.71. The van der Waals surface area contributed by atoms with Crippen molar-refractivity contribution in [1.82, 2.24) is 0 Å². The Morgan fingerprint density at radius 3 is 2.33 bits per heavy atom. The van der Waals surface area contributed by atoms with Gasteiger partial charge in [-0.2, -0.15) is 0 Å². The van der Waals surface area contributed by atoms with Crippen LogP contribution in [0.4, 0.5) is 0 Å². The molecule has 1 atom stereocenters. The van der Waals surface area contributed by atoms with Crippen LogP contribution in [-0.4, -0.2) is 24.3 Å². The van der Waals surface area contributed by atoms with Crippen molar-refractivity contribution in [1.29, 1.82) is 0 Å². The van der Waals surface area contributed by atoms with Crippen LogP contribution in [0.2, 0.25) is 0 Å². The average Bonchev–Trinajstić information content (AvgIpc) is 1.89. The summed E-state index contributed by atoms with van der Waals surface area (Å²) in [6, 6.07) is 0. The van der Waals surface area contributed by atoms with E-state index in [1.807, 2.05) is 0 Å². The largest absolute Gasteiger partial charge is 0.392 e. The first-order chi connectivity index (χ1) is 4.31. The van der Waals surface area contributed by atoms with Gasteiger partial charge in [-0.05, 0) is 25.8 Å². The van der Waals surface area contributed by atoms with E-state index in [0.29, 0.717) is 13.1 Å². The summed E-state index contributed by atoms with van der Waals surface area (Å²) in [7, 11) is 0. The minimum Gasteiger partial charge on any atom is -0.392 e.